The van der Waals surface area contributed by atoms with Crippen molar-refractivity contribution in [2.45, 2.75) is 32.9 Å². The van der Waals surface area contributed by atoms with Crippen LogP contribution in [-0.4, -0.2) is 79.0 Å². The van der Waals surface area contributed by atoms with Gasteiger partial charge < -0.3 is 15.0 Å². The molecule has 12 heteroatoms. The number of ether oxygens (including phenoxy) is 1. The third-order valence-corrected chi connectivity index (χ3v) is 5.35. The van der Waals surface area contributed by atoms with Gasteiger partial charge in [-0.15, -0.1) is 0 Å². The standard InChI is InChI=1S/C23H28N8O4/c1-23(2,3)35-17(32)12-29(10-11-30-14-27-18-19(24)25-13-26-20(18)30)9-8-28-31-21(33)15-6-4-5-7-16(15)22(31)34/h4-7,13-14,28H,8-12H2,1-3H3,(H2,24,25,26). The lowest BCUT2D eigenvalue weighted by atomic mass is 10.1. The normalized spacial score (nSPS) is 13.7. The number of rotatable bonds is 9. The van der Waals surface area contributed by atoms with Crippen LogP contribution in [0.1, 0.15) is 41.5 Å². The number of fused-ring (bicyclic) bond motifs is 2. The molecular weight excluding hydrogens is 452 g/mol. The number of hydrogen-bond acceptors (Lipinski definition) is 10. The van der Waals surface area contributed by atoms with Gasteiger partial charge in [0.25, 0.3) is 11.8 Å². The minimum atomic E-state index is -0.615. The van der Waals surface area contributed by atoms with Gasteiger partial charge in [0, 0.05) is 26.2 Å². The van der Waals surface area contributed by atoms with Crippen molar-refractivity contribution in [3.8, 4) is 0 Å². The molecule has 1 aromatic carbocycles. The molecule has 0 unspecified atom stereocenters. The zero-order chi connectivity index (χ0) is 25.2. The number of benzene rings is 1. The van der Waals surface area contributed by atoms with Crippen molar-refractivity contribution in [2.24, 2.45) is 0 Å². The number of nitrogens with zero attached hydrogens (tertiary/aromatic N) is 6. The van der Waals surface area contributed by atoms with E-state index in [2.05, 4.69) is 20.4 Å². The topological polar surface area (TPSA) is 149 Å². The van der Waals surface area contributed by atoms with Crippen LogP contribution < -0.4 is 11.2 Å². The Hall–Kier alpha value is -3.90. The molecule has 2 aromatic heterocycles. The van der Waals surface area contributed by atoms with Gasteiger partial charge in [-0.05, 0) is 32.9 Å². The van der Waals surface area contributed by atoms with Crippen molar-refractivity contribution >= 4 is 34.8 Å². The number of aromatic nitrogens is 4. The molecule has 0 saturated carbocycles. The molecular formula is C23H28N8O4. The molecule has 0 fully saturated rings. The molecule has 12 nitrogen and oxygen atoms in total. The van der Waals surface area contributed by atoms with Crippen LogP contribution in [0, 0.1) is 0 Å². The Morgan fingerprint density at radius 3 is 2.43 bits per heavy atom. The Morgan fingerprint density at radius 1 is 1.09 bits per heavy atom. The number of nitrogens with two attached hydrogens (primary N) is 1. The molecule has 1 aliphatic rings. The fourth-order valence-electron chi connectivity index (χ4n) is 3.79. The van der Waals surface area contributed by atoms with E-state index < -0.39 is 17.4 Å². The van der Waals surface area contributed by atoms with Gasteiger partial charge in [-0.2, -0.15) is 0 Å². The average molecular weight is 481 g/mol. The molecule has 0 spiro atoms. The van der Waals surface area contributed by atoms with E-state index in [0.717, 1.165) is 5.01 Å². The Morgan fingerprint density at radius 2 is 1.77 bits per heavy atom. The van der Waals surface area contributed by atoms with Crippen molar-refractivity contribution in [1.29, 1.82) is 0 Å². The Bertz CT molecular complexity index is 1230. The summed E-state index contributed by atoms with van der Waals surface area (Å²) in [5.41, 5.74) is 9.98. The van der Waals surface area contributed by atoms with Gasteiger partial charge in [-0.1, -0.05) is 12.1 Å². The van der Waals surface area contributed by atoms with E-state index in [4.69, 9.17) is 10.5 Å². The number of hydrazine groups is 1. The summed E-state index contributed by atoms with van der Waals surface area (Å²) in [5, 5.41) is 1.01. The number of amides is 2. The van der Waals surface area contributed by atoms with Crippen LogP contribution in [0.25, 0.3) is 11.2 Å². The highest BCUT2D eigenvalue weighted by molar-refractivity contribution is 6.20. The molecule has 0 aliphatic carbocycles. The molecule has 0 atom stereocenters. The lowest BCUT2D eigenvalue weighted by Crippen LogP contribution is -2.47. The molecule has 0 bridgehead atoms. The summed E-state index contributed by atoms with van der Waals surface area (Å²) in [6.07, 6.45) is 3.00. The monoisotopic (exact) mass is 480 g/mol. The van der Waals surface area contributed by atoms with Gasteiger partial charge in [0.15, 0.2) is 11.5 Å². The number of imidazole rings is 1. The van der Waals surface area contributed by atoms with Crippen molar-refractivity contribution < 1.29 is 19.1 Å². The number of hydrogen-bond donors (Lipinski definition) is 2. The third-order valence-electron chi connectivity index (χ3n) is 5.35. The zero-order valence-electron chi connectivity index (χ0n) is 19.9. The minimum absolute atomic E-state index is 0.0326. The number of imide groups is 1. The van der Waals surface area contributed by atoms with Crippen LogP contribution in [0.4, 0.5) is 5.82 Å². The van der Waals surface area contributed by atoms with Crippen molar-refractivity contribution in [1.82, 2.24) is 34.9 Å². The van der Waals surface area contributed by atoms with E-state index in [0.29, 0.717) is 47.7 Å². The second kappa shape index (κ2) is 9.76. The largest absolute Gasteiger partial charge is 0.459 e. The number of nitrogen functional groups attached to an aromatic ring is 1. The van der Waals surface area contributed by atoms with Crippen LogP contribution in [0.2, 0.25) is 0 Å². The summed E-state index contributed by atoms with van der Waals surface area (Å²) in [4.78, 5) is 52.0. The Labute approximate surface area is 202 Å². The first-order valence-corrected chi connectivity index (χ1v) is 11.2. The van der Waals surface area contributed by atoms with Crippen LogP contribution in [0.15, 0.2) is 36.9 Å². The summed E-state index contributed by atoms with van der Waals surface area (Å²) in [7, 11) is 0. The molecule has 2 amide bonds. The van der Waals surface area contributed by atoms with Gasteiger partial charge in [-0.25, -0.2) is 25.4 Å². The van der Waals surface area contributed by atoms with E-state index in [1.165, 1.54) is 6.33 Å². The predicted octanol–water partition coefficient (Wildman–Crippen LogP) is 0.853. The molecule has 3 N–H and O–H groups in total. The quantitative estimate of drug-likeness (QED) is 0.333. The second-order valence-corrected chi connectivity index (χ2v) is 9.13. The van der Waals surface area contributed by atoms with E-state index in [-0.39, 0.29) is 19.1 Å². The first-order chi connectivity index (χ1) is 16.6. The van der Waals surface area contributed by atoms with Crippen LogP contribution >= 0.6 is 0 Å². The highest BCUT2D eigenvalue weighted by Crippen LogP contribution is 2.20. The smallest absolute Gasteiger partial charge is 0.320 e. The number of nitrogens with one attached hydrogen (secondary N) is 1. The molecule has 1 aliphatic heterocycles. The maximum atomic E-state index is 12.6. The molecule has 0 radical (unpaired) electrons. The van der Waals surface area contributed by atoms with Crippen molar-refractivity contribution in [3.05, 3.63) is 48.0 Å². The summed E-state index contributed by atoms with van der Waals surface area (Å²) in [5.74, 6) is -0.873. The van der Waals surface area contributed by atoms with Gasteiger partial charge in [-0.3, -0.25) is 19.3 Å². The first kappa shape index (κ1) is 24.2. The van der Waals surface area contributed by atoms with Gasteiger partial charge in [0.1, 0.15) is 17.4 Å². The van der Waals surface area contributed by atoms with E-state index in [1.807, 2.05) is 9.47 Å². The number of esters is 1. The van der Waals surface area contributed by atoms with E-state index in [9.17, 15) is 14.4 Å². The van der Waals surface area contributed by atoms with Gasteiger partial charge in [0.05, 0.1) is 24.0 Å². The first-order valence-electron chi connectivity index (χ1n) is 11.2. The Balaban J connectivity index is 1.40. The lowest BCUT2D eigenvalue weighted by molar-refractivity contribution is -0.156. The van der Waals surface area contributed by atoms with Crippen molar-refractivity contribution in [2.75, 3.05) is 31.9 Å². The van der Waals surface area contributed by atoms with Crippen LogP contribution in [0.5, 0.6) is 0 Å². The third kappa shape index (κ3) is 5.44. The molecule has 184 valence electrons. The second-order valence-electron chi connectivity index (χ2n) is 9.13. The highest BCUT2D eigenvalue weighted by Gasteiger charge is 2.35. The van der Waals surface area contributed by atoms with E-state index >= 15 is 0 Å². The minimum Gasteiger partial charge on any atom is -0.459 e. The molecule has 35 heavy (non-hydrogen) atoms. The summed E-state index contributed by atoms with van der Waals surface area (Å²) in [6, 6.07) is 6.68. The average Bonchev–Trinajstić information content (AvgIpc) is 3.32. The SMILES string of the molecule is CC(C)(C)OC(=O)CN(CCNN1C(=O)c2ccccc2C1=O)CCn1cnc2c(N)ncnc21. The molecule has 3 heterocycles. The number of anilines is 1. The van der Waals surface area contributed by atoms with Crippen LogP contribution in [-0.2, 0) is 16.1 Å². The number of carbonyl (C=O) groups excluding carboxylic acids is 3. The van der Waals surface area contributed by atoms with Crippen molar-refractivity contribution in [3.63, 3.8) is 0 Å². The maximum absolute atomic E-state index is 12.6. The zero-order valence-corrected chi connectivity index (χ0v) is 19.9. The lowest BCUT2D eigenvalue weighted by Gasteiger charge is -2.26. The van der Waals surface area contributed by atoms with Gasteiger partial charge in [0.2, 0.25) is 0 Å². The van der Waals surface area contributed by atoms with E-state index in [1.54, 1.807) is 51.4 Å². The maximum Gasteiger partial charge on any atom is 0.320 e. The summed E-state index contributed by atoms with van der Waals surface area (Å²) < 4.78 is 7.30. The number of carbonyl (C=O) groups is 3. The molecule has 4 rings (SSSR count). The predicted molar refractivity (Wildman–Crippen MR) is 127 cm³/mol. The molecule has 3 aromatic rings. The highest BCUT2D eigenvalue weighted by atomic mass is 16.6. The molecule has 0 saturated heterocycles. The summed E-state index contributed by atoms with van der Waals surface area (Å²) in [6.45, 7) is 7.01. The fourth-order valence-corrected chi connectivity index (χ4v) is 3.79. The Kier molecular flexibility index (Phi) is 6.76. The van der Waals surface area contributed by atoms with Gasteiger partial charge >= 0.3 is 5.97 Å². The summed E-state index contributed by atoms with van der Waals surface area (Å²) >= 11 is 0. The fraction of sp³-hybridized carbons (Fsp3) is 0.391. The van der Waals surface area contributed by atoms with Crippen LogP contribution in [0.3, 0.4) is 0 Å².